The van der Waals surface area contributed by atoms with Crippen molar-refractivity contribution in [2.24, 2.45) is 4.99 Å². The standard InChI is InChI=1S/C19H17ClFN3O2S/c1-22-18(26)16-10-17(25)24(11-12-5-7-14(21)8-6-12)19(27-16)23-15-4-2-3-13(20)9-15/h2-9,16H,10-11H2,1H3,(H,22,26)/t16-/m1/s1. The lowest BCUT2D eigenvalue weighted by Gasteiger charge is -2.31. The van der Waals surface area contributed by atoms with Crippen molar-refractivity contribution in [3.8, 4) is 0 Å². The maximum absolute atomic E-state index is 13.2. The number of nitrogens with one attached hydrogen (secondary N) is 1. The summed E-state index contributed by atoms with van der Waals surface area (Å²) in [5, 5.41) is 2.95. The van der Waals surface area contributed by atoms with Crippen LogP contribution in [-0.2, 0) is 16.1 Å². The average molecular weight is 406 g/mol. The molecule has 1 aliphatic heterocycles. The van der Waals surface area contributed by atoms with Crippen LogP contribution >= 0.6 is 23.4 Å². The van der Waals surface area contributed by atoms with Gasteiger partial charge in [0, 0.05) is 18.5 Å². The van der Waals surface area contributed by atoms with Gasteiger partial charge in [-0.3, -0.25) is 14.5 Å². The van der Waals surface area contributed by atoms with Crippen molar-refractivity contribution in [3.63, 3.8) is 0 Å². The van der Waals surface area contributed by atoms with Crippen molar-refractivity contribution < 1.29 is 14.0 Å². The quantitative estimate of drug-likeness (QED) is 0.842. The van der Waals surface area contributed by atoms with E-state index in [-0.39, 0.29) is 30.6 Å². The molecule has 0 radical (unpaired) electrons. The molecule has 27 heavy (non-hydrogen) atoms. The maximum Gasteiger partial charge on any atom is 0.233 e. The number of halogens is 2. The Morgan fingerprint density at radius 3 is 2.74 bits per heavy atom. The number of hydrogen-bond acceptors (Lipinski definition) is 4. The summed E-state index contributed by atoms with van der Waals surface area (Å²) in [7, 11) is 1.53. The Morgan fingerprint density at radius 1 is 1.33 bits per heavy atom. The van der Waals surface area contributed by atoms with Crippen LogP contribution in [0.15, 0.2) is 53.5 Å². The van der Waals surface area contributed by atoms with Gasteiger partial charge in [0.25, 0.3) is 0 Å². The van der Waals surface area contributed by atoms with Crippen molar-refractivity contribution in [3.05, 3.63) is 64.9 Å². The van der Waals surface area contributed by atoms with E-state index < -0.39 is 5.25 Å². The molecule has 140 valence electrons. The fourth-order valence-electron chi connectivity index (χ4n) is 2.59. The Morgan fingerprint density at radius 2 is 2.07 bits per heavy atom. The Bertz CT molecular complexity index is 889. The van der Waals surface area contributed by atoms with E-state index in [9.17, 15) is 14.0 Å². The molecule has 2 aromatic carbocycles. The van der Waals surface area contributed by atoms with Crippen LogP contribution in [0.5, 0.6) is 0 Å². The molecule has 1 saturated heterocycles. The van der Waals surface area contributed by atoms with Crippen molar-refractivity contribution >= 4 is 46.0 Å². The molecule has 1 heterocycles. The molecule has 1 N–H and O–H groups in total. The first-order valence-electron chi connectivity index (χ1n) is 8.23. The lowest BCUT2D eigenvalue weighted by atomic mass is 10.2. The van der Waals surface area contributed by atoms with Gasteiger partial charge in [-0.15, -0.1) is 0 Å². The third-order valence-electron chi connectivity index (χ3n) is 3.97. The van der Waals surface area contributed by atoms with Crippen LogP contribution < -0.4 is 5.32 Å². The summed E-state index contributed by atoms with van der Waals surface area (Å²) in [6.07, 6.45) is 0.0695. The number of benzene rings is 2. The third kappa shape index (κ3) is 4.87. The van der Waals surface area contributed by atoms with Gasteiger partial charge in [-0.2, -0.15) is 0 Å². The highest BCUT2D eigenvalue weighted by atomic mass is 35.5. The topological polar surface area (TPSA) is 61.8 Å². The van der Waals surface area contributed by atoms with Crippen LogP contribution in [0.25, 0.3) is 0 Å². The van der Waals surface area contributed by atoms with E-state index in [1.807, 2.05) is 0 Å². The molecule has 1 atom stereocenters. The van der Waals surface area contributed by atoms with E-state index in [0.29, 0.717) is 15.9 Å². The largest absolute Gasteiger partial charge is 0.358 e. The van der Waals surface area contributed by atoms with Crippen LogP contribution in [0.2, 0.25) is 5.02 Å². The Labute approximate surface area is 165 Å². The molecule has 0 aliphatic carbocycles. The second-order valence-electron chi connectivity index (χ2n) is 5.91. The van der Waals surface area contributed by atoms with Crippen molar-refractivity contribution in [1.29, 1.82) is 0 Å². The number of rotatable bonds is 4. The molecule has 8 heteroatoms. The van der Waals surface area contributed by atoms with Crippen molar-refractivity contribution in [2.45, 2.75) is 18.2 Å². The fourth-order valence-corrected chi connectivity index (χ4v) is 3.93. The first kappa shape index (κ1) is 19.4. The molecule has 0 saturated carbocycles. The summed E-state index contributed by atoms with van der Waals surface area (Å²) < 4.78 is 13.2. The molecule has 0 unspecified atom stereocenters. The van der Waals surface area contributed by atoms with E-state index in [4.69, 9.17) is 11.6 Å². The molecule has 5 nitrogen and oxygen atoms in total. The minimum Gasteiger partial charge on any atom is -0.358 e. The first-order chi connectivity index (χ1) is 13.0. The van der Waals surface area contributed by atoms with Crippen LogP contribution in [0.4, 0.5) is 10.1 Å². The Hall–Kier alpha value is -2.38. The molecule has 2 aromatic rings. The van der Waals surface area contributed by atoms with E-state index in [0.717, 1.165) is 5.56 Å². The number of hydrogen-bond donors (Lipinski definition) is 1. The Kier molecular flexibility index (Phi) is 6.13. The zero-order chi connectivity index (χ0) is 19.4. The SMILES string of the molecule is CNC(=O)[C@H]1CC(=O)N(Cc2ccc(F)cc2)C(=Nc2cccc(Cl)c2)S1. The number of carbonyl (C=O) groups is 2. The van der Waals surface area contributed by atoms with Crippen LogP contribution in [0, 0.1) is 5.82 Å². The van der Waals surface area contributed by atoms with Gasteiger partial charge >= 0.3 is 0 Å². The highest BCUT2D eigenvalue weighted by Crippen LogP contribution is 2.30. The predicted octanol–water partition coefficient (Wildman–Crippen LogP) is 3.75. The monoisotopic (exact) mass is 405 g/mol. The lowest BCUT2D eigenvalue weighted by molar-refractivity contribution is -0.130. The van der Waals surface area contributed by atoms with Gasteiger partial charge in [0.2, 0.25) is 11.8 Å². The number of carbonyl (C=O) groups excluding carboxylic acids is 2. The second kappa shape index (κ2) is 8.54. The smallest absolute Gasteiger partial charge is 0.233 e. The van der Waals surface area contributed by atoms with Crippen LogP contribution in [-0.4, -0.2) is 34.2 Å². The van der Waals surface area contributed by atoms with Crippen molar-refractivity contribution in [1.82, 2.24) is 10.2 Å². The second-order valence-corrected chi connectivity index (χ2v) is 7.51. The van der Waals surface area contributed by atoms with Gasteiger partial charge in [0.15, 0.2) is 5.17 Å². The van der Waals surface area contributed by atoms with Gasteiger partial charge < -0.3 is 5.32 Å². The maximum atomic E-state index is 13.2. The average Bonchev–Trinajstić information content (AvgIpc) is 2.65. The number of amidine groups is 1. The molecular weight excluding hydrogens is 389 g/mol. The van der Waals surface area contributed by atoms with Gasteiger partial charge in [-0.1, -0.05) is 41.6 Å². The molecule has 0 aromatic heterocycles. The summed E-state index contributed by atoms with van der Waals surface area (Å²) >= 11 is 7.24. The zero-order valence-electron chi connectivity index (χ0n) is 14.5. The third-order valence-corrected chi connectivity index (χ3v) is 5.39. The van der Waals surface area contributed by atoms with E-state index >= 15 is 0 Å². The Balaban J connectivity index is 1.93. The normalized spacial score (nSPS) is 18.6. The molecule has 0 spiro atoms. The van der Waals surface area contributed by atoms with Gasteiger partial charge in [-0.05, 0) is 35.9 Å². The van der Waals surface area contributed by atoms with E-state index in [1.165, 1.54) is 35.8 Å². The van der Waals surface area contributed by atoms with Gasteiger partial charge in [0.1, 0.15) is 5.82 Å². The minimum atomic E-state index is -0.551. The molecular formula is C19H17ClFN3O2S. The number of aliphatic imine (C=N–C) groups is 1. The van der Waals surface area contributed by atoms with E-state index in [2.05, 4.69) is 10.3 Å². The highest BCUT2D eigenvalue weighted by Gasteiger charge is 2.35. The number of thioether (sulfide) groups is 1. The summed E-state index contributed by atoms with van der Waals surface area (Å²) in [6.45, 7) is 0.242. The molecule has 1 fully saturated rings. The highest BCUT2D eigenvalue weighted by molar-refractivity contribution is 8.15. The van der Waals surface area contributed by atoms with Gasteiger partial charge in [0.05, 0.1) is 17.5 Å². The lowest BCUT2D eigenvalue weighted by Crippen LogP contribution is -2.45. The molecule has 1 aliphatic rings. The molecule has 3 rings (SSSR count). The number of nitrogens with zero attached hydrogens (tertiary/aromatic N) is 2. The summed E-state index contributed by atoms with van der Waals surface area (Å²) in [5.41, 5.74) is 1.35. The zero-order valence-corrected chi connectivity index (χ0v) is 16.1. The summed E-state index contributed by atoms with van der Waals surface area (Å²) in [4.78, 5) is 30.8. The first-order valence-corrected chi connectivity index (χ1v) is 9.49. The minimum absolute atomic E-state index is 0.0695. The van der Waals surface area contributed by atoms with Crippen LogP contribution in [0.3, 0.4) is 0 Å². The predicted molar refractivity (Wildman–Crippen MR) is 106 cm³/mol. The fraction of sp³-hybridized carbons (Fsp3) is 0.211. The summed E-state index contributed by atoms with van der Waals surface area (Å²) in [5.74, 6) is -0.786. The molecule has 0 bridgehead atoms. The van der Waals surface area contributed by atoms with Crippen molar-refractivity contribution in [2.75, 3.05) is 7.05 Å². The summed E-state index contributed by atoms with van der Waals surface area (Å²) in [6, 6.07) is 12.9. The van der Waals surface area contributed by atoms with Crippen LogP contribution in [0.1, 0.15) is 12.0 Å². The van der Waals surface area contributed by atoms with E-state index in [1.54, 1.807) is 36.4 Å². The molecule has 2 amide bonds. The van der Waals surface area contributed by atoms with Gasteiger partial charge in [-0.25, -0.2) is 9.38 Å². The number of amides is 2.